The third-order valence-electron chi connectivity index (χ3n) is 4.71. The molecule has 2 aromatic rings. The van der Waals surface area contributed by atoms with Crippen LogP contribution in [0, 0.1) is 5.82 Å². The van der Waals surface area contributed by atoms with Gasteiger partial charge in [0.1, 0.15) is 17.7 Å². The molecule has 0 aliphatic rings. The van der Waals surface area contributed by atoms with E-state index in [4.69, 9.17) is 4.74 Å². The largest absolute Gasteiger partial charge is 0.489 e. The number of aliphatic imine (C=N–C) groups is 1. The fourth-order valence-electron chi connectivity index (χ4n) is 3.01. The summed E-state index contributed by atoms with van der Waals surface area (Å²) in [6.07, 6.45) is -0.170. The molecule has 0 bridgehead atoms. The molecule has 176 valence electrons. The molecule has 8 heteroatoms. The molecule has 0 fully saturated rings. The fraction of sp³-hybridized carbons (Fsp3) is 0.417. The number of benzene rings is 2. The molecule has 1 atom stereocenters. The summed E-state index contributed by atoms with van der Waals surface area (Å²) in [5, 5.41) is 6.45. The molecule has 0 aliphatic carbocycles. The van der Waals surface area contributed by atoms with Gasteiger partial charge in [-0.25, -0.2) is 9.38 Å². The summed E-state index contributed by atoms with van der Waals surface area (Å²) in [6, 6.07) is 13.7. The van der Waals surface area contributed by atoms with E-state index in [0.717, 1.165) is 12.1 Å². The Morgan fingerprint density at radius 3 is 2.38 bits per heavy atom. The number of nitrogens with one attached hydrogen (secondary N) is 2. The molecule has 32 heavy (non-hydrogen) atoms. The highest BCUT2D eigenvalue weighted by Crippen LogP contribution is 2.13. The molecule has 0 spiro atoms. The number of amides is 1. The van der Waals surface area contributed by atoms with Gasteiger partial charge in [-0.05, 0) is 57.5 Å². The van der Waals surface area contributed by atoms with Crippen LogP contribution in [0.1, 0.15) is 43.6 Å². The first-order valence-electron chi connectivity index (χ1n) is 10.8. The zero-order chi connectivity index (χ0) is 22.6. The Bertz CT molecular complexity index is 857. The van der Waals surface area contributed by atoms with Gasteiger partial charge < -0.3 is 20.3 Å². The average Bonchev–Trinajstić information content (AvgIpc) is 2.77. The Morgan fingerprint density at radius 1 is 1.09 bits per heavy atom. The van der Waals surface area contributed by atoms with Gasteiger partial charge in [-0.1, -0.05) is 18.2 Å². The number of hydrogen-bond donors (Lipinski definition) is 2. The minimum absolute atomic E-state index is 0. The molecule has 0 saturated heterocycles. The summed E-state index contributed by atoms with van der Waals surface area (Å²) < 4.78 is 19.0. The summed E-state index contributed by atoms with van der Waals surface area (Å²) >= 11 is 0. The SMILES string of the molecule is CCNC(=NCc1ccc(C(=O)N(CC)CC)cc1)NCC(C)Oc1cccc(F)c1.I. The van der Waals surface area contributed by atoms with Crippen molar-refractivity contribution >= 4 is 35.8 Å². The van der Waals surface area contributed by atoms with E-state index in [0.29, 0.717) is 43.5 Å². The number of nitrogens with zero attached hydrogens (tertiary/aromatic N) is 2. The van der Waals surface area contributed by atoms with Crippen LogP contribution in [0.5, 0.6) is 5.75 Å². The number of ether oxygens (including phenoxy) is 1. The Balaban J connectivity index is 0.00000512. The normalized spacial score (nSPS) is 11.8. The second-order valence-corrected chi connectivity index (χ2v) is 7.14. The molecule has 0 aromatic heterocycles. The molecular weight excluding hydrogens is 522 g/mol. The number of rotatable bonds is 10. The monoisotopic (exact) mass is 556 g/mol. The first kappa shape index (κ1) is 27.7. The van der Waals surface area contributed by atoms with Gasteiger partial charge in [0.15, 0.2) is 5.96 Å². The number of guanidine groups is 1. The first-order valence-corrected chi connectivity index (χ1v) is 10.8. The highest BCUT2D eigenvalue weighted by molar-refractivity contribution is 14.0. The predicted octanol–water partition coefficient (Wildman–Crippen LogP) is 4.45. The summed E-state index contributed by atoms with van der Waals surface area (Å²) in [5.41, 5.74) is 1.70. The number of carbonyl (C=O) groups is 1. The van der Waals surface area contributed by atoms with Gasteiger partial charge in [-0.15, -0.1) is 24.0 Å². The zero-order valence-corrected chi connectivity index (χ0v) is 21.6. The fourth-order valence-corrected chi connectivity index (χ4v) is 3.01. The predicted molar refractivity (Wildman–Crippen MR) is 138 cm³/mol. The van der Waals surface area contributed by atoms with Gasteiger partial charge >= 0.3 is 0 Å². The molecular formula is C24H34FIN4O2. The van der Waals surface area contributed by atoms with E-state index >= 15 is 0 Å². The lowest BCUT2D eigenvalue weighted by atomic mass is 10.1. The van der Waals surface area contributed by atoms with Crippen molar-refractivity contribution in [3.63, 3.8) is 0 Å². The van der Waals surface area contributed by atoms with E-state index in [2.05, 4.69) is 15.6 Å². The second-order valence-electron chi connectivity index (χ2n) is 7.14. The maximum Gasteiger partial charge on any atom is 0.253 e. The summed E-state index contributed by atoms with van der Waals surface area (Å²) in [4.78, 5) is 18.8. The molecule has 0 heterocycles. The first-order chi connectivity index (χ1) is 15.0. The molecule has 1 unspecified atom stereocenters. The summed E-state index contributed by atoms with van der Waals surface area (Å²) in [7, 11) is 0. The topological polar surface area (TPSA) is 66.0 Å². The molecule has 6 nitrogen and oxygen atoms in total. The van der Waals surface area contributed by atoms with Gasteiger partial charge in [0.25, 0.3) is 5.91 Å². The third kappa shape index (κ3) is 9.02. The van der Waals surface area contributed by atoms with Gasteiger partial charge in [0.2, 0.25) is 0 Å². The van der Waals surface area contributed by atoms with E-state index in [9.17, 15) is 9.18 Å². The second kappa shape index (κ2) is 14.7. The summed E-state index contributed by atoms with van der Waals surface area (Å²) in [5.74, 6) is 0.885. The molecule has 2 rings (SSSR count). The van der Waals surface area contributed by atoms with Crippen molar-refractivity contribution in [1.29, 1.82) is 0 Å². The third-order valence-corrected chi connectivity index (χ3v) is 4.71. The highest BCUT2D eigenvalue weighted by atomic mass is 127. The van der Waals surface area contributed by atoms with Crippen molar-refractivity contribution in [2.24, 2.45) is 4.99 Å². The van der Waals surface area contributed by atoms with Crippen molar-refractivity contribution in [3.05, 3.63) is 65.5 Å². The van der Waals surface area contributed by atoms with Crippen LogP contribution in [-0.2, 0) is 6.54 Å². The van der Waals surface area contributed by atoms with E-state index in [1.165, 1.54) is 12.1 Å². The van der Waals surface area contributed by atoms with Gasteiger partial charge in [0, 0.05) is 31.3 Å². The standard InChI is InChI=1S/C24H33FN4O2.HI/c1-5-26-24(27-16-18(4)31-22-10-8-9-21(25)15-22)28-17-19-11-13-20(14-12-19)23(30)29(6-2)7-3;/h8-15,18H,5-7,16-17H2,1-4H3,(H2,26,27,28);1H. The highest BCUT2D eigenvalue weighted by Gasteiger charge is 2.12. The van der Waals surface area contributed by atoms with E-state index in [1.807, 2.05) is 52.0 Å². The van der Waals surface area contributed by atoms with Gasteiger partial charge in [-0.3, -0.25) is 4.79 Å². The van der Waals surface area contributed by atoms with Crippen LogP contribution in [0.25, 0.3) is 0 Å². The minimum atomic E-state index is -0.322. The minimum Gasteiger partial charge on any atom is -0.489 e. The van der Waals surface area contributed by atoms with Crippen LogP contribution in [0.2, 0.25) is 0 Å². The molecule has 0 saturated carbocycles. The Labute approximate surface area is 207 Å². The lowest BCUT2D eigenvalue weighted by molar-refractivity contribution is 0.0773. The van der Waals surface area contributed by atoms with E-state index in [1.54, 1.807) is 17.0 Å². The molecule has 1 amide bonds. The molecule has 2 aromatic carbocycles. The van der Waals surface area contributed by atoms with Crippen LogP contribution >= 0.6 is 24.0 Å². The van der Waals surface area contributed by atoms with Crippen molar-refractivity contribution < 1.29 is 13.9 Å². The van der Waals surface area contributed by atoms with Crippen molar-refractivity contribution in [1.82, 2.24) is 15.5 Å². The van der Waals surface area contributed by atoms with Gasteiger partial charge in [0.05, 0.1) is 13.1 Å². The van der Waals surface area contributed by atoms with Crippen LogP contribution in [0.3, 0.4) is 0 Å². The maximum atomic E-state index is 13.3. The van der Waals surface area contributed by atoms with Crippen LogP contribution < -0.4 is 15.4 Å². The van der Waals surface area contributed by atoms with Crippen LogP contribution in [-0.4, -0.2) is 49.0 Å². The lowest BCUT2D eigenvalue weighted by Gasteiger charge is -2.18. The average molecular weight is 556 g/mol. The smallest absolute Gasteiger partial charge is 0.253 e. The van der Waals surface area contributed by atoms with Gasteiger partial charge in [-0.2, -0.15) is 0 Å². The molecule has 0 aliphatic heterocycles. The lowest BCUT2D eigenvalue weighted by Crippen LogP contribution is -2.41. The molecule has 2 N–H and O–H groups in total. The van der Waals surface area contributed by atoms with Crippen LogP contribution in [0.4, 0.5) is 4.39 Å². The van der Waals surface area contributed by atoms with Crippen LogP contribution in [0.15, 0.2) is 53.5 Å². The number of carbonyl (C=O) groups excluding carboxylic acids is 1. The Hall–Kier alpha value is -2.36. The van der Waals surface area contributed by atoms with E-state index in [-0.39, 0.29) is 41.8 Å². The Kier molecular flexibility index (Phi) is 12.7. The van der Waals surface area contributed by atoms with E-state index < -0.39 is 0 Å². The molecule has 0 radical (unpaired) electrons. The Morgan fingerprint density at radius 2 is 1.78 bits per heavy atom. The van der Waals surface area contributed by atoms with Crippen molar-refractivity contribution in [2.75, 3.05) is 26.2 Å². The maximum absolute atomic E-state index is 13.3. The van der Waals surface area contributed by atoms with Crippen molar-refractivity contribution in [3.8, 4) is 5.75 Å². The van der Waals surface area contributed by atoms with Crippen molar-refractivity contribution in [2.45, 2.75) is 40.3 Å². The number of halogens is 2. The summed E-state index contributed by atoms with van der Waals surface area (Å²) in [6.45, 7) is 11.0. The zero-order valence-electron chi connectivity index (χ0n) is 19.2. The number of hydrogen-bond acceptors (Lipinski definition) is 3. The quantitative estimate of drug-likeness (QED) is 0.258.